The van der Waals surface area contributed by atoms with Gasteiger partial charge in [0.25, 0.3) is 0 Å². The number of nitrogens with one attached hydrogen (secondary N) is 1. The summed E-state index contributed by atoms with van der Waals surface area (Å²) in [5.74, 6) is 0. The third kappa shape index (κ3) is 3.63. The van der Waals surface area contributed by atoms with Gasteiger partial charge in [-0.2, -0.15) is 0 Å². The summed E-state index contributed by atoms with van der Waals surface area (Å²) in [7, 11) is 0. The number of aliphatic hydroxyl groups excluding tert-OH is 1. The van der Waals surface area contributed by atoms with Crippen molar-refractivity contribution in [3.05, 3.63) is 0 Å². The van der Waals surface area contributed by atoms with Gasteiger partial charge in [-0.15, -0.1) is 0 Å². The molecule has 0 atom stereocenters. The fraction of sp³-hybridized carbons (Fsp3) is 1.00. The predicted molar refractivity (Wildman–Crippen MR) is 54.8 cm³/mol. The molecule has 0 saturated heterocycles. The van der Waals surface area contributed by atoms with Gasteiger partial charge in [-0.25, -0.2) is 0 Å². The molecule has 0 bridgehead atoms. The maximum atomic E-state index is 8.90. The first kappa shape index (κ1) is 11.0. The highest BCUT2D eigenvalue weighted by Gasteiger charge is 2.23. The Bertz CT molecular complexity index is 126. The van der Waals surface area contributed by atoms with E-state index in [1.807, 2.05) is 0 Å². The molecule has 0 unspecified atom stereocenters. The molecule has 2 N–H and O–H groups in total. The summed E-state index contributed by atoms with van der Waals surface area (Å²) >= 11 is 0. The van der Waals surface area contributed by atoms with Gasteiger partial charge in [0.15, 0.2) is 0 Å². The van der Waals surface area contributed by atoms with Gasteiger partial charge in [0.2, 0.25) is 0 Å². The van der Waals surface area contributed by atoms with Gasteiger partial charge in [-0.05, 0) is 19.4 Å². The smallest absolute Gasteiger partial charge is 0.0558 e. The summed E-state index contributed by atoms with van der Waals surface area (Å²) in [4.78, 5) is 2.41. The molecule has 3 nitrogen and oxygen atoms in total. The molecule has 78 valence electrons. The average molecular weight is 186 g/mol. The lowest BCUT2D eigenvalue weighted by Crippen LogP contribution is -2.44. The average Bonchev–Trinajstić information content (AvgIpc) is 2.02. The monoisotopic (exact) mass is 186 g/mol. The second-order valence-corrected chi connectivity index (χ2v) is 3.70. The van der Waals surface area contributed by atoms with Crippen LogP contribution in [0.4, 0.5) is 0 Å². The van der Waals surface area contributed by atoms with Crippen molar-refractivity contribution in [3.63, 3.8) is 0 Å². The van der Waals surface area contributed by atoms with Gasteiger partial charge in [-0.3, -0.25) is 4.90 Å². The number of nitrogens with zero attached hydrogens (tertiary/aromatic N) is 1. The molecule has 1 fully saturated rings. The number of aliphatic hydroxyl groups is 1. The minimum absolute atomic E-state index is 0.294. The molecule has 1 aliphatic rings. The molecule has 3 heteroatoms. The van der Waals surface area contributed by atoms with E-state index in [0.717, 1.165) is 32.2 Å². The van der Waals surface area contributed by atoms with Gasteiger partial charge < -0.3 is 10.4 Å². The summed E-state index contributed by atoms with van der Waals surface area (Å²) < 4.78 is 0. The van der Waals surface area contributed by atoms with Crippen LogP contribution in [-0.4, -0.2) is 48.8 Å². The van der Waals surface area contributed by atoms with Gasteiger partial charge in [-0.1, -0.05) is 13.3 Å². The van der Waals surface area contributed by atoms with E-state index < -0.39 is 0 Å². The van der Waals surface area contributed by atoms with E-state index in [1.54, 1.807) is 0 Å². The first-order chi connectivity index (χ1) is 6.38. The number of likely N-dealkylation sites (N-methyl/N-ethyl adjacent to an activating group) is 1. The molecule has 0 spiro atoms. The van der Waals surface area contributed by atoms with Crippen molar-refractivity contribution in [1.29, 1.82) is 0 Å². The highest BCUT2D eigenvalue weighted by Crippen LogP contribution is 2.23. The highest BCUT2D eigenvalue weighted by molar-refractivity contribution is 4.80. The van der Waals surface area contributed by atoms with Crippen LogP contribution in [0.2, 0.25) is 0 Å². The minimum atomic E-state index is 0.294. The predicted octanol–water partition coefficient (Wildman–Crippen LogP) is 0.443. The summed E-state index contributed by atoms with van der Waals surface area (Å²) in [6.45, 7) is 6.43. The number of hydrogen-bond acceptors (Lipinski definition) is 3. The largest absolute Gasteiger partial charge is 0.395 e. The molecule has 0 radical (unpaired) electrons. The molecule has 1 aliphatic carbocycles. The Hall–Kier alpha value is -0.120. The Balaban J connectivity index is 2.12. The summed E-state index contributed by atoms with van der Waals surface area (Å²) in [6, 6.07) is 0.755. The molecular formula is C10H22N2O. The molecule has 0 aliphatic heterocycles. The van der Waals surface area contributed by atoms with Crippen molar-refractivity contribution in [1.82, 2.24) is 10.2 Å². The number of hydrogen-bond donors (Lipinski definition) is 2. The zero-order valence-electron chi connectivity index (χ0n) is 8.63. The lowest BCUT2D eigenvalue weighted by molar-refractivity contribution is 0.102. The van der Waals surface area contributed by atoms with Gasteiger partial charge in [0.05, 0.1) is 6.61 Å². The standard InChI is InChI=1S/C10H22N2O/c1-2-11-6-7-12(8-9-13)10-4-3-5-10/h10-11,13H,2-9H2,1H3. The van der Waals surface area contributed by atoms with Crippen LogP contribution >= 0.6 is 0 Å². The zero-order valence-corrected chi connectivity index (χ0v) is 8.63. The van der Waals surface area contributed by atoms with Crippen LogP contribution in [0, 0.1) is 0 Å². The molecule has 0 amide bonds. The van der Waals surface area contributed by atoms with E-state index >= 15 is 0 Å². The van der Waals surface area contributed by atoms with Crippen LogP contribution in [0.3, 0.4) is 0 Å². The topological polar surface area (TPSA) is 35.5 Å². The van der Waals surface area contributed by atoms with Crippen molar-refractivity contribution < 1.29 is 5.11 Å². The second kappa shape index (κ2) is 6.35. The van der Waals surface area contributed by atoms with Crippen molar-refractivity contribution in [2.24, 2.45) is 0 Å². The molecule has 0 aromatic heterocycles. The van der Waals surface area contributed by atoms with Crippen LogP contribution in [0.25, 0.3) is 0 Å². The van der Waals surface area contributed by atoms with Crippen molar-refractivity contribution in [3.8, 4) is 0 Å². The Morgan fingerprint density at radius 3 is 2.62 bits per heavy atom. The zero-order chi connectivity index (χ0) is 9.52. The van der Waals surface area contributed by atoms with E-state index in [9.17, 15) is 0 Å². The van der Waals surface area contributed by atoms with Crippen LogP contribution in [0.1, 0.15) is 26.2 Å². The summed E-state index contributed by atoms with van der Waals surface area (Å²) in [5, 5.41) is 12.2. The van der Waals surface area contributed by atoms with Crippen LogP contribution in [-0.2, 0) is 0 Å². The van der Waals surface area contributed by atoms with Gasteiger partial charge in [0.1, 0.15) is 0 Å². The fourth-order valence-electron chi connectivity index (χ4n) is 1.76. The summed E-state index contributed by atoms with van der Waals surface area (Å²) in [6.07, 6.45) is 4.02. The Labute approximate surface area is 81.1 Å². The molecular weight excluding hydrogens is 164 g/mol. The highest BCUT2D eigenvalue weighted by atomic mass is 16.3. The van der Waals surface area contributed by atoms with E-state index in [4.69, 9.17) is 5.11 Å². The van der Waals surface area contributed by atoms with E-state index in [0.29, 0.717) is 6.61 Å². The van der Waals surface area contributed by atoms with Crippen molar-refractivity contribution >= 4 is 0 Å². The molecule has 13 heavy (non-hydrogen) atoms. The third-order valence-corrected chi connectivity index (χ3v) is 2.80. The molecule has 0 heterocycles. The Morgan fingerprint density at radius 2 is 2.15 bits per heavy atom. The number of rotatable bonds is 7. The maximum Gasteiger partial charge on any atom is 0.0558 e. The van der Waals surface area contributed by atoms with Gasteiger partial charge in [0, 0.05) is 25.7 Å². The second-order valence-electron chi connectivity index (χ2n) is 3.70. The molecule has 1 rings (SSSR count). The first-order valence-corrected chi connectivity index (χ1v) is 5.44. The Morgan fingerprint density at radius 1 is 1.38 bits per heavy atom. The van der Waals surface area contributed by atoms with E-state index in [2.05, 4.69) is 17.1 Å². The van der Waals surface area contributed by atoms with Crippen molar-refractivity contribution in [2.45, 2.75) is 32.2 Å². The fourth-order valence-corrected chi connectivity index (χ4v) is 1.76. The summed E-state index contributed by atoms with van der Waals surface area (Å²) in [5.41, 5.74) is 0. The van der Waals surface area contributed by atoms with Crippen LogP contribution < -0.4 is 5.32 Å². The minimum Gasteiger partial charge on any atom is -0.395 e. The van der Waals surface area contributed by atoms with E-state index in [1.165, 1.54) is 19.3 Å². The third-order valence-electron chi connectivity index (χ3n) is 2.80. The lowest BCUT2D eigenvalue weighted by atomic mass is 9.91. The van der Waals surface area contributed by atoms with Gasteiger partial charge >= 0.3 is 0 Å². The molecule has 0 aromatic rings. The van der Waals surface area contributed by atoms with Crippen molar-refractivity contribution in [2.75, 3.05) is 32.8 Å². The van der Waals surface area contributed by atoms with Crippen LogP contribution in [0.5, 0.6) is 0 Å². The molecule has 0 aromatic carbocycles. The first-order valence-electron chi connectivity index (χ1n) is 5.44. The quantitative estimate of drug-likeness (QED) is 0.566. The lowest BCUT2D eigenvalue weighted by Gasteiger charge is -2.37. The molecule has 1 saturated carbocycles. The normalized spacial score (nSPS) is 17.8. The van der Waals surface area contributed by atoms with Crippen LogP contribution in [0.15, 0.2) is 0 Å². The Kier molecular flexibility index (Phi) is 5.35. The SMILES string of the molecule is CCNCCN(CCO)C1CCC1. The van der Waals surface area contributed by atoms with E-state index in [-0.39, 0.29) is 0 Å². The maximum absolute atomic E-state index is 8.90.